The van der Waals surface area contributed by atoms with Gasteiger partial charge in [0.05, 0.1) is 16.5 Å². The van der Waals surface area contributed by atoms with E-state index in [1.807, 2.05) is 0 Å². The molecule has 4 aromatic rings. The molecule has 1 aliphatic heterocycles. The molecular formula is C22H17F3N6O. The lowest BCUT2D eigenvalue weighted by molar-refractivity contribution is -0.119. The van der Waals surface area contributed by atoms with E-state index in [1.54, 1.807) is 42.6 Å². The van der Waals surface area contributed by atoms with Crippen LogP contribution in [0.1, 0.15) is 30.8 Å². The van der Waals surface area contributed by atoms with Crippen molar-refractivity contribution in [3.8, 4) is 11.5 Å². The molecule has 1 amide bonds. The van der Waals surface area contributed by atoms with Crippen LogP contribution < -0.4 is 11.1 Å². The number of nitrogen functional groups attached to an aromatic ring is 1. The summed E-state index contributed by atoms with van der Waals surface area (Å²) in [5.41, 5.74) is 6.21. The number of hydrogen-bond donors (Lipinski definition) is 2. The fourth-order valence-electron chi connectivity index (χ4n) is 3.95. The zero-order valence-corrected chi connectivity index (χ0v) is 17.1. The average Bonchev–Trinajstić information content (AvgIpc) is 3.22. The lowest BCUT2D eigenvalue weighted by atomic mass is 9.87. The predicted octanol–water partition coefficient (Wildman–Crippen LogP) is 3.61. The number of carbonyl (C=O) groups excluding carboxylic acids is 1. The SMILES string of the molecule is CC1(C)C(=O)Nc2nc(-c3nc(Cc4c(F)ccc(F)c4F)n4ccccc34)nc(N)c21. The maximum Gasteiger partial charge on any atom is 0.235 e. The van der Waals surface area contributed by atoms with Crippen LogP contribution in [0.5, 0.6) is 0 Å². The van der Waals surface area contributed by atoms with Crippen molar-refractivity contribution in [3.63, 3.8) is 0 Å². The van der Waals surface area contributed by atoms with E-state index in [9.17, 15) is 18.0 Å². The van der Waals surface area contributed by atoms with E-state index in [1.165, 1.54) is 0 Å². The van der Waals surface area contributed by atoms with Gasteiger partial charge >= 0.3 is 0 Å². The number of benzene rings is 1. The van der Waals surface area contributed by atoms with Crippen LogP contribution in [0.15, 0.2) is 36.5 Å². The maximum atomic E-state index is 14.3. The van der Waals surface area contributed by atoms with Crippen molar-refractivity contribution in [1.29, 1.82) is 0 Å². The Balaban J connectivity index is 1.67. The second-order valence-electron chi connectivity index (χ2n) is 8.07. The van der Waals surface area contributed by atoms with Gasteiger partial charge in [0.1, 0.15) is 29.0 Å². The Hall–Kier alpha value is -3.95. The summed E-state index contributed by atoms with van der Waals surface area (Å²) < 4.78 is 43.8. The molecule has 4 heterocycles. The van der Waals surface area contributed by atoms with Crippen LogP contribution in [-0.2, 0) is 16.6 Å². The summed E-state index contributed by atoms with van der Waals surface area (Å²) in [6.45, 7) is 3.44. The maximum absolute atomic E-state index is 14.3. The number of imidazole rings is 1. The zero-order valence-electron chi connectivity index (χ0n) is 17.1. The first-order chi connectivity index (χ1) is 15.2. The summed E-state index contributed by atoms with van der Waals surface area (Å²) >= 11 is 0. The number of anilines is 2. The number of nitrogens with zero attached hydrogens (tertiary/aromatic N) is 4. The largest absolute Gasteiger partial charge is 0.383 e. The third kappa shape index (κ3) is 2.83. The molecule has 0 fully saturated rings. The van der Waals surface area contributed by atoms with Gasteiger partial charge in [-0.2, -0.15) is 0 Å². The Kier molecular flexibility index (Phi) is 4.23. The van der Waals surface area contributed by atoms with Gasteiger partial charge in [-0.25, -0.2) is 28.1 Å². The fourth-order valence-corrected chi connectivity index (χ4v) is 3.95. The summed E-state index contributed by atoms with van der Waals surface area (Å²) in [4.78, 5) is 25.6. The minimum atomic E-state index is -1.26. The van der Waals surface area contributed by atoms with Crippen molar-refractivity contribution >= 4 is 23.1 Å². The van der Waals surface area contributed by atoms with Gasteiger partial charge in [-0.05, 0) is 38.1 Å². The summed E-state index contributed by atoms with van der Waals surface area (Å²) in [5.74, 6) is -2.70. The van der Waals surface area contributed by atoms with Crippen LogP contribution in [-0.4, -0.2) is 25.3 Å². The van der Waals surface area contributed by atoms with Gasteiger partial charge in [-0.15, -0.1) is 0 Å². The molecule has 3 aromatic heterocycles. The van der Waals surface area contributed by atoms with Crippen LogP contribution in [0.3, 0.4) is 0 Å². The van der Waals surface area contributed by atoms with E-state index in [-0.39, 0.29) is 29.8 Å². The number of amides is 1. The number of carbonyl (C=O) groups is 1. The van der Waals surface area contributed by atoms with E-state index in [0.717, 1.165) is 12.1 Å². The lowest BCUT2D eigenvalue weighted by Crippen LogP contribution is -2.27. The monoisotopic (exact) mass is 438 g/mol. The molecule has 0 atom stereocenters. The van der Waals surface area contributed by atoms with Gasteiger partial charge in [-0.3, -0.25) is 4.79 Å². The lowest BCUT2D eigenvalue weighted by Gasteiger charge is -2.15. The van der Waals surface area contributed by atoms with Crippen molar-refractivity contribution in [3.05, 3.63) is 70.9 Å². The van der Waals surface area contributed by atoms with Gasteiger partial charge in [0.2, 0.25) is 5.91 Å². The van der Waals surface area contributed by atoms with E-state index in [2.05, 4.69) is 20.3 Å². The molecule has 5 rings (SSSR count). The first kappa shape index (κ1) is 20.0. The normalized spacial score (nSPS) is 14.6. The first-order valence-corrected chi connectivity index (χ1v) is 9.76. The van der Waals surface area contributed by atoms with Crippen molar-refractivity contribution in [2.75, 3.05) is 11.1 Å². The summed E-state index contributed by atoms with van der Waals surface area (Å²) in [7, 11) is 0. The third-order valence-corrected chi connectivity index (χ3v) is 5.67. The molecule has 1 aliphatic rings. The average molecular weight is 438 g/mol. The number of aromatic nitrogens is 4. The molecule has 32 heavy (non-hydrogen) atoms. The highest BCUT2D eigenvalue weighted by Crippen LogP contribution is 2.40. The molecule has 162 valence electrons. The molecule has 0 radical (unpaired) electrons. The van der Waals surface area contributed by atoms with Gasteiger partial charge in [0, 0.05) is 18.2 Å². The smallest absolute Gasteiger partial charge is 0.235 e. The van der Waals surface area contributed by atoms with Crippen LogP contribution in [0.2, 0.25) is 0 Å². The quantitative estimate of drug-likeness (QED) is 0.476. The fraction of sp³-hybridized carbons (Fsp3) is 0.182. The molecule has 3 N–H and O–H groups in total. The third-order valence-electron chi connectivity index (χ3n) is 5.67. The van der Waals surface area contributed by atoms with Crippen molar-refractivity contribution < 1.29 is 18.0 Å². The zero-order chi connectivity index (χ0) is 22.8. The highest BCUT2D eigenvalue weighted by molar-refractivity contribution is 6.06. The predicted molar refractivity (Wildman–Crippen MR) is 111 cm³/mol. The molecule has 1 aromatic carbocycles. The minimum absolute atomic E-state index is 0.134. The van der Waals surface area contributed by atoms with Crippen molar-refractivity contribution in [2.45, 2.75) is 25.7 Å². The molecule has 0 bridgehead atoms. The second-order valence-corrected chi connectivity index (χ2v) is 8.07. The molecule has 0 saturated heterocycles. The van der Waals surface area contributed by atoms with E-state index < -0.39 is 28.4 Å². The Morgan fingerprint density at radius 1 is 1.06 bits per heavy atom. The Bertz CT molecular complexity index is 1430. The van der Waals surface area contributed by atoms with E-state index in [4.69, 9.17) is 5.73 Å². The molecule has 7 nitrogen and oxygen atoms in total. The van der Waals surface area contributed by atoms with Gasteiger partial charge in [-0.1, -0.05) is 6.07 Å². The minimum Gasteiger partial charge on any atom is -0.383 e. The Labute approximate surface area is 180 Å². The number of fused-ring (bicyclic) bond motifs is 2. The van der Waals surface area contributed by atoms with Crippen LogP contribution in [0, 0.1) is 17.5 Å². The Morgan fingerprint density at radius 3 is 2.59 bits per heavy atom. The summed E-state index contributed by atoms with van der Waals surface area (Å²) in [6, 6.07) is 6.83. The highest BCUT2D eigenvalue weighted by Gasteiger charge is 2.42. The van der Waals surface area contributed by atoms with Crippen LogP contribution >= 0.6 is 0 Å². The molecular weight excluding hydrogens is 421 g/mol. The Morgan fingerprint density at radius 2 is 1.81 bits per heavy atom. The van der Waals surface area contributed by atoms with Crippen molar-refractivity contribution in [1.82, 2.24) is 19.4 Å². The molecule has 0 saturated carbocycles. The topological polar surface area (TPSA) is 98.2 Å². The first-order valence-electron chi connectivity index (χ1n) is 9.76. The summed E-state index contributed by atoms with van der Waals surface area (Å²) in [6.07, 6.45) is 1.36. The second kappa shape index (κ2) is 6.78. The standard InChI is InChI=1S/C22H17F3N6O/c1-22(2)15-18(26)28-20(29-19(15)30-21(22)32)17-13-5-3-4-8-31(13)14(27-17)9-10-11(23)6-7-12(24)16(10)25/h3-8H,9H2,1-2H3,(H3,26,28,29,30,32). The van der Waals surface area contributed by atoms with Crippen LogP contribution in [0.4, 0.5) is 24.8 Å². The highest BCUT2D eigenvalue weighted by atomic mass is 19.2. The van der Waals surface area contributed by atoms with E-state index >= 15 is 0 Å². The molecule has 0 aliphatic carbocycles. The van der Waals surface area contributed by atoms with Gasteiger partial charge < -0.3 is 15.5 Å². The van der Waals surface area contributed by atoms with Gasteiger partial charge in [0.25, 0.3) is 0 Å². The number of hydrogen-bond acceptors (Lipinski definition) is 5. The number of halogens is 3. The van der Waals surface area contributed by atoms with Crippen molar-refractivity contribution in [2.24, 2.45) is 0 Å². The summed E-state index contributed by atoms with van der Waals surface area (Å²) in [5, 5.41) is 2.71. The molecule has 0 unspecified atom stereocenters. The molecule has 0 spiro atoms. The number of nitrogens with one attached hydrogen (secondary N) is 1. The van der Waals surface area contributed by atoms with Crippen LogP contribution in [0.25, 0.3) is 17.0 Å². The number of rotatable bonds is 3. The molecule has 10 heteroatoms. The number of nitrogens with two attached hydrogens (primary N) is 1. The number of pyridine rings is 1. The van der Waals surface area contributed by atoms with Gasteiger partial charge in [0.15, 0.2) is 17.5 Å². The van der Waals surface area contributed by atoms with E-state index in [0.29, 0.717) is 22.6 Å².